The number of fused-ring (bicyclic) bond motifs is 1. The van der Waals surface area contributed by atoms with Gasteiger partial charge in [0.15, 0.2) is 0 Å². The summed E-state index contributed by atoms with van der Waals surface area (Å²) < 4.78 is 2.42. The summed E-state index contributed by atoms with van der Waals surface area (Å²) in [6, 6.07) is 15.7. The maximum atomic E-state index is 2.42. The Balaban J connectivity index is 1.80. The molecule has 0 amide bonds. The van der Waals surface area contributed by atoms with Gasteiger partial charge in [-0.05, 0) is 61.0 Å². The van der Waals surface area contributed by atoms with Crippen molar-refractivity contribution in [3.63, 3.8) is 0 Å². The van der Waals surface area contributed by atoms with Crippen LogP contribution in [0.2, 0.25) is 0 Å². The highest BCUT2D eigenvalue weighted by molar-refractivity contribution is 8.00. The van der Waals surface area contributed by atoms with Gasteiger partial charge in [0, 0.05) is 11.4 Å². The molecule has 2 aromatic carbocycles. The average molecular weight is 269 g/mol. The lowest BCUT2D eigenvalue weighted by molar-refractivity contribution is 1.05. The summed E-state index contributed by atoms with van der Waals surface area (Å²) in [4.78, 5) is 1.32. The summed E-state index contributed by atoms with van der Waals surface area (Å²) in [6.07, 6.45) is 2.29. The van der Waals surface area contributed by atoms with E-state index in [4.69, 9.17) is 0 Å². The van der Waals surface area contributed by atoms with Gasteiger partial charge in [-0.3, -0.25) is 0 Å². The Hall–Kier alpha value is -1.41. The first-order valence-electron chi connectivity index (χ1n) is 6.90. The van der Waals surface area contributed by atoms with Gasteiger partial charge >= 0.3 is 0 Å². The van der Waals surface area contributed by atoms with Crippen LogP contribution in [-0.2, 0) is 12.8 Å². The zero-order valence-corrected chi connectivity index (χ0v) is 12.3. The van der Waals surface area contributed by atoms with Crippen LogP contribution in [-0.4, -0.2) is 6.54 Å². The van der Waals surface area contributed by atoms with Gasteiger partial charge in [-0.2, -0.15) is 0 Å². The van der Waals surface area contributed by atoms with E-state index in [0.717, 1.165) is 13.0 Å². The zero-order chi connectivity index (χ0) is 13.2. The standard InChI is InChI=1S/C17H19NS/c1-3-14-6-9-17-15(12-14)10-11-18(17)19-16-7-4-13(2)5-8-16/h4-9,12H,3,10-11H2,1-2H3. The first-order valence-corrected chi connectivity index (χ1v) is 7.67. The minimum Gasteiger partial charge on any atom is -0.312 e. The third-order valence-corrected chi connectivity index (χ3v) is 4.72. The predicted octanol–water partition coefficient (Wildman–Crippen LogP) is 4.63. The SMILES string of the molecule is CCc1ccc2c(c1)CCN2Sc1ccc(C)cc1. The molecule has 1 heterocycles. The molecule has 0 N–H and O–H groups in total. The third-order valence-electron chi connectivity index (χ3n) is 3.64. The quantitative estimate of drug-likeness (QED) is 0.748. The van der Waals surface area contributed by atoms with E-state index in [1.54, 1.807) is 0 Å². The number of hydrogen-bond donors (Lipinski definition) is 0. The van der Waals surface area contributed by atoms with Crippen molar-refractivity contribution in [2.24, 2.45) is 0 Å². The number of benzene rings is 2. The summed E-state index contributed by atoms with van der Waals surface area (Å²) in [5.74, 6) is 0. The van der Waals surface area contributed by atoms with Crippen LogP contribution >= 0.6 is 11.9 Å². The number of aryl methyl sites for hydroxylation is 2. The second kappa shape index (κ2) is 5.30. The molecular weight excluding hydrogens is 250 g/mol. The van der Waals surface area contributed by atoms with Gasteiger partial charge in [0.25, 0.3) is 0 Å². The van der Waals surface area contributed by atoms with E-state index in [0.29, 0.717) is 0 Å². The van der Waals surface area contributed by atoms with Gasteiger partial charge in [-0.15, -0.1) is 0 Å². The molecule has 0 radical (unpaired) electrons. The van der Waals surface area contributed by atoms with E-state index >= 15 is 0 Å². The van der Waals surface area contributed by atoms with Crippen molar-refractivity contribution in [1.82, 2.24) is 0 Å². The summed E-state index contributed by atoms with van der Waals surface area (Å²) in [5.41, 5.74) is 5.65. The van der Waals surface area contributed by atoms with Crippen LogP contribution in [0.5, 0.6) is 0 Å². The highest BCUT2D eigenvalue weighted by atomic mass is 32.2. The Morgan fingerprint density at radius 1 is 1.11 bits per heavy atom. The first-order chi connectivity index (χ1) is 9.26. The molecule has 19 heavy (non-hydrogen) atoms. The van der Waals surface area contributed by atoms with Gasteiger partial charge < -0.3 is 4.31 Å². The first kappa shape index (κ1) is 12.6. The highest BCUT2D eigenvalue weighted by Gasteiger charge is 2.20. The fraction of sp³-hybridized carbons (Fsp3) is 0.294. The minimum atomic E-state index is 1.11. The summed E-state index contributed by atoms with van der Waals surface area (Å²) in [6.45, 7) is 5.46. The largest absolute Gasteiger partial charge is 0.312 e. The number of anilines is 1. The van der Waals surface area contributed by atoms with Crippen molar-refractivity contribution < 1.29 is 0 Å². The van der Waals surface area contributed by atoms with Crippen molar-refractivity contribution in [2.75, 3.05) is 10.8 Å². The second-order valence-corrected chi connectivity index (χ2v) is 6.17. The molecule has 0 saturated carbocycles. The predicted molar refractivity (Wildman–Crippen MR) is 83.9 cm³/mol. The molecule has 0 fully saturated rings. The molecule has 0 bridgehead atoms. The Bertz CT molecular complexity index is 574. The second-order valence-electron chi connectivity index (χ2n) is 5.07. The van der Waals surface area contributed by atoms with Gasteiger partial charge in [0.1, 0.15) is 0 Å². The van der Waals surface area contributed by atoms with Crippen molar-refractivity contribution in [2.45, 2.75) is 31.6 Å². The third kappa shape index (κ3) is 2.64. The fourth-order valence-electron chi connectivity index (χ4n) is 2.47. The van der Waals surface area contributed by atoms with Gasteiger partial charge in [0.05, 0.1) is 5.69 Å². The normalized spacial score (nSPS) is 13.7. The lowest BCUT2D eigenvalue weighted by atomic mass is 10.1. The number of rotatable bonds is 3. The zero-order valence-electron chi connectivity index (χ0n) is 11.5. The van der Waals surface area contributed by atoms with E-state index in [2.05, 4.69) is 60.6 Å². The minimum absolute atomic E-state index is 1.11. The van der Waals surface area contributed by atoms with Gasteiger partial charge in [0.2, 0.25) is 0 Å². The molecule has 2 aromatic rings. The average Bonchev–Trinajstić information content (AvgIpc) is 2.83. The molecule has 1 nitrogen and oxygen atoms in total. The molecule has 2 heteroatoms. The van der Waals surface area contributed by atoms with Crippen LogP contribution in [0.1, 0.15) is 23.6 Å². The molecule has 0 aromatic heterocycles. The van der Waals surface area contributed by atoms with Crippen LogP contribution in [0.4, 0.5) is 5.69 Å². The lowest BCUT2D eigenvalue weighted by Gasteiger charge is -2.18. The summed E-state index contributed by atoms with van der Waals surface area (Å²) >= 11 is 1.85. The molecule has 0 atom stereocenters. The maximum Gasteiger partial charge on any atom is 0.0506 e. The van der Waals surface area contributed by atoms with Crippen LogP contribution in [0.25, 0.3) is 0 Å². The van der Waals surface area contributed by atoms with E-state index < -0.39 is 0 Å². The Kier molecular flexibility index (Phi) is 3.52. The van der Waals surface area contributed by atoms with Crippen molar-refractivity contribution in [1.29, 1.82) is 0 Å². The van der Waals surface area contributed by atoms with E-state index in [9.17, 15) is 0 Å². The Morgan fingerprint density at radius 3 is 2.63 bits per heavy atom. The fourth-order valence-corrected chi connectivity index (χ4v) is 3.44. The van der Waals surface area contributed by atoms with Gasteiger partial charge in [-0.25, -0.2) is 0 Å². The van der Waals surface area contributed by atoms with Crippen molar-refractivity contribution >= 4 is 17.6 Å². The van der Waals surface area contributed by atoms with Crippen molar-refractivity contribution in [3.05, 3.63) is 59.2 Å². The molecule has 0 unspecified atom stereocenters. The van der Waals surface area contributed by atoms with E-state index in [-0.39, 0.29) is 0 Å². The number of hydrogen-bond acceptors (Lipinski definition) is 2. The molecule has 1 aliphatic heterocycles. The van der Waals surface area contributed by atoms with Crippen LogP contribution in [0.15, 0.2) is 47.4 Å². The molecule has 98 valence electrons. The van der Waals surface area contributed by atoms with E-state index in [1.165, 1.54) is 33.7 Å². The van der Waals surface area contributed by atoms with Gasteiger partial charge in [-0.1, -0.05) is 36.8 Å². The molecule has 3 rings (SSSR count). The molecular formula is C17H19NS. The monoisotopic (exact) mass is 269 g/mol. The summed E-state index contributed by atoms with van der Waals surface area (Å²) in [5, 5.41) is 0. The van der Waals surface area contributed by atoms with Crippen LogP contribution in [0, 0.1) is 6.92 Å². The maximum absolute atomic E-state index is 2.42. The highest BCUT2D eigenvalue weighted by Crippen LogP contribution is 2.36. The van der Waals surface area contributed by atoms with Crippen LogP contribution in [0.3, 0.4) is 0 Å². The Morgan fingerprint density at radius 2 is 1.89 bits per heavy atom. The van der Waals surface area contributed by atoms with E-state index in [1.807, 2.05) is 11.9 Å². The molecule has 1 aliphatic rings. The number of nitrogens with zero attached hydrogens (tertiary/aromatic N) is 1. The smallest absolute Gasteiger partial charge is 0.0506 e. The molecule has 0 saturated heterocycles. The molecule has 0 spiro atoms. The Labute approximate surface area is 119 Å². The topological polar surface area (TPSA) is 3.24 Å². The van der Waals surface area contributed by atoms with Crippen LogP contribution < -0.4 is 4.31 Å². The summed E-state index contributed by atoms with van der Waals surface area (Å²) in [7, 11) is 0. The van der Waals surface area contributed by atoms with Crippen molar-refractivity contribution in [3.8, 4) is 0 Å². The molecule has 0 aliphatic carbocycles. The lowest BCUT2D eigenvalue weighted by Crippen LogP contribution is -2.09.